The summed E-state index contributed by atoms with van der Waals surface area (Å²) < 4.78 is 80.2. The van der Waals surface area contributed by atoms with Crippen LogP contribution in [0.1, 0.15) is 27.9 Å². The molecule has 2 heterocycles. The number of hydrogen-bond donors (Lipinski definition) is 2. The molecule has 330 valence electrons. The molecule has 0 radical (unpaired) electrons. The average Bonchev–Trinajstić information content (AvgIpc) is 3.27. The van der Waals surface area contributed by atoms with Crippen molar-refractivity contribution in [2.24, 2.45) is 0 Å². The lowest BCUT2D eigenvalue weighted by Crippen LogP contribution is -2.46. The molecule has 17 heteroatoms. The minimum atomic E-state index is -5.05. The van der Waals surface area contributed by atoms with Crippen LogP contribution in [0.2, 0.25) is 5.02 Å². The van der Waals surface area contributed by atoms with E-state index in [2.05, 4.69) is 41.9 Å². The maximum Gasteiger partial charge on any atom is 0.418 e. The Kier molecular flexibility index (Phi) is 14.5. The second kappa shape index (κ2) is 20.0. The second-order valence-electron chi connectivity index (χ2n) is 15.4. The van der Waals surface area contributed by atoms with E-state index in [1.807, 2.05) is 97.9 Å². The topological polar surface area (TPSA) is 120 Å². The number of carbonyl (C=O) groups excluding carboxylic acids is 1. The zero-order chi connectivity index (χ0) is 44.7. The minimum absolute atomic E-state index is 0.132. The van der Waals surface area contributed by atoms with Crippen molar-refractivity contribution >= 4 is 67.5 Å². The molecule has 1 unspecified atom stereocenters. The molecule has 5 aromatic carbocycles. The van der Waals surface area contributed by atoms with Crippen molar-refractivity contribution < 1.29 is 31.1 Å². The van der Waals surface area contributed by atoms with Crippen LogP contribution < -0.4 is 14.9 Å². The van der Waals surface area contributed by atoms with Crippen LogP contribution in [-0.2, 0) is 27.5 Å². The summed E-state index contributed by atoms with van der Waals surface area (Å²) in [6.07, 6.45) is -3.44. The third kappa shape index (κ3) is 11.4. The first-order chi connectivity index (χ1) is 30.2. The van der Waals surface area contributed by atoms with Gasteiger partial charge in [-0.25, -0.2) is 23.2 Å². The third-order valence-electron chi connectivity index (χ3n) is 10.8. The Morgan fingerprint density at radius 2 is 1.63 bits per heavy atom. The maximum atomic E-state index is 15.0. The molecule has 1 aliphatic rings. The Morgan fingerprint density at radius 3 is 2.33 bits per heavy atom. The standard InChI is InChI=1S/C46H47ClF3N7O4S2/c1-55(2)20-19-34(29-62-36-10-5-4-6-11-36)53-43-40(45(58)61-3)26-37(27-41(43)46(48,49)50)63(59,60)54-44-39-18-17-35(25-42(39)51-30-52-44)57-23-21-56(22-24-57)28-32-9-7-8-12-38(32)31-13-15-33(47)16-14-31/h4-18,25-27,30,34,53H,19-24,28-29H2,1-3H3,(H,51,52,54). The molecular weight excluding hydrogens is 871 g/mol. The van der Waals surface area contributed by atoms with E-state index in [1.165, 1.54) is 23.7 Å². The molecule has 0 saturated carbocycles. The fourth-order valence-corrected chi connectivity index (χ4v) is 9.63. The molecule has 1 saturated heterocycles. The Bertz CT molecular complexity index is 2650. The third-order valence-corrected chi connectivity index (χ3v) is 13.5. The molecule has 6 aromatic rings. The molecule has 7 rings (SSSR count). The number of halogens is 4. The SMILES string of the molecule is COC(=O)c1cc(S(=O)(=O)Nc2ncnc3cc(N4CCN(Cc5ccccc5-c5ccc(Cl)cc5)CC4)ccc23)cc(C(F)(F)F)c1NC(CCN(C)C)CSc1ccccc1. The summed E-state index contributed by atoms with van der Waals surface area (Å²) in [7, 11) is -0.0320. The molecule has 1 aromatic heterocycles. The Balaban J connectivity index is 1.10. The summed E-state index contributed by atoms with van der Waals surface area (Å²) in [5.41, 5.74) is 2.32. The highest BCUT2D eigenvalue weighted by Gasteiger charge is 2.39. The first-order valence-corrected chi connectivity index (χ1v) is 23.0. The number of nitrogens with zero attached hydrogens (tertiary/aromatic N) is 5. The van der Waals surface area contributed by atoms with Gasteiger partial charge in [-0.05, 0) is 98.3 Å². The number of aromatic nitrogens is 2. The number of hydrogen-bond acceptors (Lipinski definition) is 11. The van der Waals surface area contributed by atoms with Crippen LogP contribution in [0.25, 0.3) is 22.0 Å². The molecule has 11 nitrogen and oxygen atoms in total. The highest BCUT2D eigenvalue weighted by molar-refractivity contribution is 7.99. The Hall–Kier alpha value is -5.39. The highest BCUT2D eigenvalue weighted by Crippen LogP contribution is 2.40. The number of fused-ring (bicyclic) bond motifs is 1. The van der Waals surface area contributed by atoms with Crippen LogP contribution in [0.15, 0.2) is 125 Å². The van der Waals surface area contributed by atoms with Crippen LogP contribution in [0.4, 0.5) is 30.4 Å². The van der Waals surface area contributed by atoms with Crippen molar-refractivity contribution in [3.8, 4) is 11.1 Å². The lowest BCUT2D eigenvalue weighted by Gasteiger charge is -2.36. The van der Waals surface area contributed by atoms with Crippen molar-refractivity contribution in [2.75, 3.05) is 74.6 Å². The smallest absolute Gasteiger partial charge is 0.418 e. The summed E-state index contributed by atoms with van der Waals surface area (Å²) in [6, 6.07) is 31.8. The van der Waals surface area contributed by atoms with Crippen LogP contribution in [0.5, 0.6) is 0 Å². The predicted molar refractivity (Wildman–Crippen MR) is 245 cm³/mol. The van der Waals surface area contributed by atoms with E-state index in [0.717, 1.165) is 67.6 Å². The summed E-state index contributed by atoms with van der Waals surface area (Å²) in [6.45, 7) is 4.37. The van der Waals surface area contributed by atoms with E-state index in [4.69, 9.17) is 16.3 Å². The normalized spacial score (nSPS) is 14.2. The van der Waals surface area contributed by atoms with Crippen LogP contribution in [-0.4, -0.2) is 99.9 Å². The van der Waals surface area contributed by atoms with E-state index in [0.29, 0.717) is 40.7 Å². The van der Waals surface area contributed by atoms with Gasteiger partial charge in [0.25, 0.3) is 10.0 Å². The zero-order valence-corrected chi connectivity index (χ0v) is 37.3. The molecule has 0 spiro atoms. The fraction of sp³-hybridized carbons (Fsp3) is 0.283. The molecule has 1 aliphatic heterocycles. The number of carbonyl (C=O) groups is 1. The Morgan fingerprint density at radius 1 is 0.921 bits per heavy atom. The Labute approximate surface area is 374 Å². The number of sulfonamides is 1. The summed E-state index contributed by atoms with van der Waals surface area (Å²) in [4.78, 5) is 28.4. The zero-order valence-electron chi connectivity index (χ0n) is 34.9. The number of benzene rings is 5. The van der Waals surface area contributed by atoms with Gasteiger partial charge in [0.2, 0.25) is 0 Å². The van der Waals surface area contributed by atoms with E-state index < -0.39 is 49.9 Å². The van der Waals surface area contributed by atoms with E-state index in [-0.39, 0.29) is 5.82 Å². The number of alkyl halides is 3. The monoisotopic (exact) mass is 917 g/mol. The van der Waals surface area contributed by atoms with Gasteiger partial charge in [0.15, 0.2) is 5.82 Å². The van der Waals surface area contributed by atoms with E-state index in [9.17, 15) is 26.4 Å². The second-order valence-corrected chi connectivity index (χ2v) is 18.6. The van der Waals surface area contributed by atoms with Crippen LogP contribution >= 0.6 is 23.4 Å². The predicted octanol–water partition coefficient (Wildman–Crippen LogP) is 9.40. The van der Waals surface area contributed by atoms with Gasteiger partial charge in [0.1, 0.15) is 6.33 Å². The number of esters is 1. The first kappa shape index (κ1) is 45.6. The minimum Gasteiger partial charge on any atom is -0.465 e. The molecule has 1 fully saturated rings. The average molecular weight is 919 g/mol. The quantitative estimate of drug-likeness (QED) is 0.0714. The van der Waals surface area contributed by atoms with Gasteiger partial charge in [0, 0.05) is 65.5 Å². The highest BCUT2D eigenvalue weighted by atomic mass is 35.5. The van der Waals surface area contributed by atoms with Gasteiger partial charge in [0.05, 0.1) is 34.3 Å². The summed E-state index contributed by atoms with van der Waals surface area (Å²) in [5, 5.41) is 3.98. The van der Waals surface area contributed by atoms with Gasteiger partial charge in [-0.15, -0.1) is 11.8 Å². The number of piperazine rings is 1. The number of methoxy groups -OCH3 is 1. The van der Waals surface area contributed by atoms with Gasteiger partial charge < -0.3 is 19.9 Å². The lowest BCUT2D eigenvalue weighted by molar-refractivity contribution is -0.137. The van der Waals surface area contributed by atoms with Gasteiger partial charge in [-0.2, -0.15) is 13.2 Å². The van der Waals surface area contributed by atoms with Crippen molar-refractivity contribution in [2.45, 2.75) is 35.0 Å². The molecule has 0 aliphatic carbocycles. The van der Waals surface area contributed by atoms with E-state index >= 15 is 0 Å². The number of nitrogens with one attached hydrogen (secondary N) is 2. The van der Waals surface area contributed by atoms with Crippen LogP contribution in [0, 0.1) is 0 Å². The lowest BCUT2D eigenvalue weighted by atomic mass is 9.99. The van der Waals surface area contributed by atoms with E-state index in [1.54, 1.807) is 6.07 Å². The van der Waals surface area contributed by atoms with Crippen molar-refractivity contribution in [1.29, 1.82) is 0 Å². The molecule has 1 atom stereocenters. The van der Waals surface area contributed by atoms with Crippen LogP contribution in [0.3, 0.4) is 0 Å². The van der Waals surface area contributed by atoms with Gasteiger partial charge >= 0.3 is 12.1 Å². The van der Waals surface area contributed by atoms with Crippen molar-refractivity contribution in [3.05, 3.63) is 137 Å². The summed E-state index contributed by atoms with van der Waals surface area (Å²) >= 11 is 7.58. The number of anilines is 3. The molecule has 63 heavy (non-hydrogen) atoms. The van der Waals surface area contributed by atoms with Crippen molar-refractivity contribution in [1.82, 2.24) is 19.8 Å². The molecular formula is C46H47ClF3N7O4S2. The molecule has 0 amide bonds. The fourth-order valence-electron chi connectivity index (χ4n) is 7.43. The molecule has 0 bridgehead atoms. The van der Waals surface area contributed by atoms with Gasteiger partial charge in [-0.3, -0.25) is 9.62 Å². The maximum absolute atomic E-state index is 15.0. The van der Waals surface area contributed by atoms with Gasteiger partial charge in [-0.1, -0.05) is 66.2 Å². The largest absolute Gasteiger partial charge is 0.465 e. The van der Waals surface area contributed by atoms with Crippen molar-refractivity contribution in [3.63, 3.8) is 0 Å². The number of ether oxygens (including phenoxy) is 1. The molecule has 2 N–H and O–H groups in total. The first-order valence-electron chi connectivity index (χ1n) is 20.2. The number of thioether (sulfide) groups is 1. The summed E-state index contributed by atoms with van der Waals surface area (Å²) in [5.74, 6) is -0.907. The number of rotatable bonds is 16.